The number of methoxy groups -OCH3 is 2. The summed E-state index contributed by atoms with van der Waals surface area (Å²) in [7, 11) is 5.32. The standard InChI is InChI=1S/C25H31N7O2/c1-31-15-17(12-29-31)25-14-28-23-5-4-19(10-24(23)30-25)32(16-18-13-26-6-7-27-18)20-8-21(33-2)11-22(9-20)34-3/h4-5,8-12,14,17-18,26-27H,6-7,13,15-16H2,1-3H3. The zero-order chi connectivity index (χ0) is 23.5. The first kappa shape index (κ1) is 22.4. The number of benzene rings is 2. The molecule has 34 heavy (non-hydrogen) atoms. The highest BCUT2D eigenvalue weighted by atomic mass is 16.5. The second-order valence-corrected chi connectivity index (χ2v) is 8.72. The highest BCUT2D eigenvalue weighted by molar-refractivity contribution is 5.82. The van der Waals surface area contributed by atoms with E-state index in [2.05, 4.69) is 37.8 Å². The molecule has 0 amide bonds. The molecule has 178 valence electrons. The lowest BCUT2D eigenvalue weighted by Crippen LogP contribution is -2.52. The van der Waals surface area contributed by atoms with Crippen LogP contribution in [-0.4, -0.2) is 81.2 Å². The van der Waals surface area contributed by atoms with Gasteiger partial charge in [-0.15, -0.1) is 0 Å². The van der Waals surface area contributed by atoms with Gasteiger partial charge in [0.2, 0.25) is 0 Å². The lowest BCUT2D eigenvalue weighted by molar-refractivity contribution is 0.380. The molecule has 0 bridgehead atoms. The summed E-state index contributed by atoms with van der Waals surface area (Å²) in [5.74, 6) is 1.66. The van der Waals surface area contributed by atoms with E-state index in [9.17, 15) is 0 Å². The molecule has 1 saturated heterocycles. The molecule has 2 aliphatic rings. The Balaban J connectivity index is 1.54. The van der Waals surface area contributed by atoms with E-state index in [4.69, 9.17) is 14.5 Å². The van der Waals surface area contributed by atoms with Gasteiger partial charge in [0, 0.05) is 87.8 Å². The summed E-state index contributed by atoms with van der Waals surface area (Å²) in [6, 6.07) is 12.5. The highest BCUT2D eigenvalue weighted by Crippen LogP contribution is 2.34. The molecule has 0 aliphatic carbocycles. The van der Waals surface area contributed by atoms with E-state index in [1.54, 1.807) is 14.2 Å². The van der Waals surface area contributed by atoms with Crippen LogP contribution in [0.2, 0.25) is 0 Å². The number of likely N-dealkylation sites (N-methyl/N-ethyl adjacent to an activating group) is 1. The Morgan fingerprint density at radius 1 is 1.03 bits per heavy atom. The van der Waals surface area contributed by atoms with Crippen LogP contribution in [0.3, 0.4) is 0 Å². The Hall–Kier alpha value is -3.43. The van der Waals surface area contributed by atoms with Gasteiger partial charge in [0.05, 0.1) is 36.9 Å². The van der Waals surface area contributed by atoms with Gasteiger partial charge in [0.25, 0.3) is 0 Å². The minimum atomic E-state index is 0.154. The van der Waals surface area contributed by atoms with Crippen LogP contribution in [0.1, 0.15) is 11.6 Å². The summed E-state index contributed by atoms with van der Waals surface area (Å²) in [5, 5.41) is 13.4. The van der Waals surface area contributed by atoms with Gasteiger partial charge in [0.1, 0.15) is 11.5 Å². The molecule has 2 aromatic carbocycles. The number of piperazine rings is 1. The van der Waals surface area contributed by atoms with Gasteiger partial charge >= 0.3 is 0 Å². The van der Waals surface area contributed by atoms with Crippen LogP contribution in [-0.2, 0) is 0 Å². The van der Waals surface area contributed by atoms with Gasteiger partial charge in [-0.05, 0) is 18.2 Å². The summed E-state index contributed by atoms with van der Waals surface area (Å²) in [4.78, 5) is 11.9. The molecule has 2 N–H and O–H groups in total. The molecule has 3 heterocycles. The van der Waals surface area contributed by atoms with Crippen LogP contribution in [0, 0.1) is 0 Å². The number of anilines is 2. The van der Waals surface area contributed by atoms with Crippen LogP contribution in [0.5, 0.6) is 11.5 Å². The zero-order valence-electron chi connectivity index (χ0n) is 19.9. The van der Waals surface area contributed by atoms with Crippen molar-refractivity contribution in [3.63, 3.8) is 0 Å². The maximum absolute atomic E-state index is 5.55. The number of nitrogens with zero attached hydrogens (tertiary/aromatic N) is 5. The average molecular weight is 462 g/mol. The highest BCUT2D eigenvalue weighted by Gasteiger charge is 2.22. The van der Waals surface area contributed by atoms with E-state index < -0.39 is 0 Å². The maximum atomic E-state index is 5.55. The predicted octanol–water partition coefficient (Wildman–Crippen LogP) is 2.36. The van der Waals surface area contributed by atoms with Crippen molar-refractivity contribution in [1.29, 1.82) is 0 Å². The van der Waals surface area contributed by atoms with Crippen LogP contribution in [0.15, 0.2) is 47.7 Å². The molecule has 9 heteroatoms. The number of nitrogens with one attached hydrogen (secondary N) is 2. The Kier molecular flexibility index (Phi) is 6.46. The van der Waals surface area contributed by atoms with Crippen molar-refractivity contribution in [3.05, 3.63) is 48.3 Å². The van der Waals surface area contributed by atoms with Crippen molar-refractivity contribution in [2.45, 2.75) is 12.0 Å². The Labute approximate surface area is 199 Å². The van der Waals surface area contributed by atoms with Gasteiger partial charge in [0.15, 0.2) is 0 Å². The monoisotopic (exact) mass is 461 g/mol. The normalized spacial score (nSPS) is 20.0. The fourth-order valence-electron chi connectivity index (χ4n) is 4.47. The van der Waals surface area contributed by atoms with E-state index in [-0.39, 0.29) is 5.92 Å². The number of hydrogen-bond donors (Lipinski definition) is 2. The molecular weight excluding hydrogens is 430 g/mol. The first-order valence-electron chi connectivity index (χ1n) is 11.6. The number of aromatic nitrogens is 2. The topological polar surface area (TPSA) is 87.1 Å². The van der Waals surface area contributed by atoms with Crippen LogP contribution in [0.25, 0.3) is 11.0 Å². The second-order valence-electron chi connectivity index (χ2n) is 8.72. The second kappa shape index (κ2) is 9.82. The molecule has 2 atom stereocenters. The van der Waals surface area contributed by atoms with Crippen molar-refractivity contribution in [2.24, 2.45) is 5.10 Å². The lowest BCUT2D eigenvalue weighted by Gasteiger charge is -2.33. The van der Waals surface area contributed by atoms with E-state index >= 15 is 0 Å². The third kappa shape index (κ3) is 4.76. The van der Waals surface area contributed by atoms with Crippen LogP contribution in [0.4, 0.5) is 11.4 Å². The van der Waals surface area contributed by atoms with Gasteiger partial charge in [-0.2, -0.15) is 5.10 Å². The SMILES string of the molecule is COc1cc(OC)cc(N(CC2CNCCN2)c2ccc3ncc(C4C=NN(C)C4)nc3c2)c1. The maximum Gasteiger partial charge on any atom is 0.124 e. The number of ether oxygens (including phenoxy) is 2. The van der Waals surface area contributed by atoms with Crippen LogP contribution >= 0.6 is 0 Å². The Bertz CT molecular complexity index is 1160. The zero-order valence-corrected chi connectivity index (χ0v) is 19.9. The minimum absolute atomic E-state index is 0.154. The molecule has 3 aromatic rings. The van der Waals surface area contributed by atoms with Gasteiger partial charge in [-0.25, -0.2) is 4.98 Å². The molecule has 1 fully saturated rings. The summed E-state index contributed by atoms with van der Waals surface area (Å²) in [5.41, 5.74) is 4.71. The van der Waals surface area contributed by atoms with E-state index in [0.29, 0.717) is 6.04 Å². The third-order valence-electron chi connectivity index (χ3n) is 6.32. The fraction of sp³-hybridized carbons (Fsp3) is 0.400. The van der Waals surface area contributed by atoms with Gasteiger partial charge in [-0.3, -0.25) is 9.99 Å². The molecular formula is C25H31N7O2. The van der Waals surface area contributed by atoms with Gasteiger partial charge < -0.3 is 25.0 Å². The van der Waals surface area contributed by atoms with Crippen molar-refractivity contribution < 1.29 is 9.47 Å². The number of fused-ring (bicyclic) bond motifs is 1. The molecule has 0 spiro atoms. The molecule has 0 saturated carbocycles. The molecule has 1 aromatic heterocycles. The van der Waals surface area contributed by atoms with Crippen molar-refractivity contribution in [2.75, 3.05) is 58.9 Å². The predicted molar refractivity (Wildman–Crippen MR) is 135 cm³/mol. The lowest BCUT2D eigenvalue weighted by atomic mass is 10.1. The van der Waals surface area contributed by atoms with Crippen molar-refractivity contribution in [1.82, 2.24) is 25.6 Å². The molecule has 2 unspecified atom stereocenters. The summed E-state index contributed by atoms with van der Waals surface area (Å²) in [6.45, 7) is 4.43. The molecule has 5 rings (SSSR count). The smallest absolute Gasteiger partial charge is 0.124 e. The minimum Gasteiger partial charge on any atom is -0.497 e. The number of hydrogen-bond acceptors (Lipinski definition) is 9. The fourth-order valence-corrected chi connectivity index (χ4v) is 4.47. The number of rotatable bonds is 7. The first-order valence-corrected chi connectivity index (χ1v) is 11.6. The van der Waals surface area contributed by atoms with E-state index in [1.807, 2.05) is 48.7 Å². The first-order chi connectivity index (χ1) is 16.6. The number of hydrazone groups is 1. The summed E-state index contributed by atoms with van der Waals surface area (Å²) in [6.07, 6.45) is 3.80. The summed E-state index contributed by atoms with van der Waals surface area (Å²) < 4.78 is 11.1. The third-order valence-corrected chi connectivity index (χ3v) is 6.32. The van der Waals surface area contributed by atoms with Crippen LogP contribution < -0.4 is 25.0 Å². The summed E-state index contributed by atoms with van der Waals surface area (Å²) >= 11 is 0. The largest absolute Gasteiger partial charge is 0.497 e. The Morgan fingerprint density at radius 2 is 1.85 bits per heavy atom. The van der Waals surface area contributed by atoms with E-state index in [1.165, 1.54) is 0 Å². The quantitative estimate of drug-likeness (QED) is 0.555. The average Bonchev–Trinajstić information content (AvgIpc) is 3.33. The van der Waals surface area contributed by atoms with Crippen molar-refractivity contribution in [3.8, 4) is 11.5 Å². The molecule has 9 nitrogen and oxygen atoms in total. The molecule has 0 radical (unpaired) electrons. The van der Waals surface area contributed by atoms with Gasteiger partial charge in [-0.1, -0.05) is 0 Å². The molecule has 2 aliphatic heterocycles. The van der Waals surface area contributed by atoms with E-state index in [0.717, 1.165) is 72.3 Å². The Morgan fingerprint density at radius 3 is 2.53 bits per heavy atom. The van der Waals surface area contributed by atoms with Crippen molar-refractivity contribution >= 4 is 28.6 Å².